The molecule has 0 atom stereocenters. The largest absolute Gasteiger partial charge is 0.452 e. The number of fused-ring (bicyclic) bond motifs is 1. The predicted molar refractivity (Wildman–Crippen MR) is 95.7 cm³/mol. The van der Waals surface area contributed by atoms with E-state index in [0.29, 0.717) is 11.0 Å². The molecular formula is C18H22N4O4. The highest BCUT2D eigenvalue weighted by atomic mass is 16.5. The lowest BCUT2D eigenvalue weighted by molar-refractivity contribution is -0.123. The molecule has 2 aromatic rings. The van der Waals surface area contributed by atoms with Gasteiger partial charge in [-0.3, -0.25) is 10.1 Å². The highest BCUT2D eigenvalue weighted by molar-refractivity contribution is 5.98. The molecule has 0 aliphatic heterocycles. The third-order valence-corrected chi connectivity index (χ3v) is 3.39. The van der Waals surface area contributed by atoms with E-state index in [1.54, 1.807) is 39.0 Å². The van der Waals surface area contributed by atoms with Crippen molar-refractivity contribution < 1.29 is 19.1 Å². The van der Waals surface area contributed by atoms with Gasteiger partial charge in [0.2, 0.25) is 0 Å². The molecule has 8 nitrogen and oxygen atoms in total. The molecule has 138 valence electrons. The Bertz CT molecular complexity index is 871. The van der Waals surface area contributed by atoms with Gasteiger partial charge in [0.25, 0.3) is 5.91 Å². The fourth-order valence-corrected chi connectivity index (χ4v) is 2.11. The zero-order valence-corrected chi connectivity index (χ0v) is 15.5. The maximum Gasteiger partial charge on any atom is 0.338 e. The average molecular weight is 358 g/mol. The molecule has 1 heterocycles. The maximum atomic E-state index is 12.1. The van der Waals surface area contributed by atoms with Gasteiger partial charge in [0.05, 0.1) is 28.0 Å². The van der Waals surface area contributed by atoms with Gasteiger partial charge in [0.1, 0.15) is 0 Å². The van der Waals surface area contributed by atoms with Crippen LogP contribution in [0.5, 0.6) is 0 Å². The Hall–Kier alpha value is -3.03. The van der Waals surface area contributed by atoms with Crippen molar-refractivity contribution in [1.82, 2.24) is 20.6 Å². The smallest absolute Gasteiger partial charge is 0.338 e. The van der Waals surface area contributed by atoms with E-state index >= 15 is 0 Å². The minimum Gasteiger partial charge on any atom is -0.452 e. The van der Waals surface area contributed by atoms with Gasteiger partial charge < -0.3 is 10.1 Å². The molecule has 2 rings (SSSR count). The third kappa shape index (κ3) is 5.23. The fraction of sp³-hybridized carbons (Fsp3) is 0.389. The van der Waals surface area contributed by atoms with Crippen molar-refractivity contribution in [2.75, 3.05) is 6.61 Å². The molecule has 0 radical (unpaired) electrons. The maximum absolute atomic E-state index is 12.1. The number of aryl methyl sites for hydroxylation is 2. The van der Waals surface area contributed by atoms with Crippen molar-refractivity contribution in [3.63, 3.8) is 0 Å². The first-order valence-electron chi connectivity index (χ1n) is 8.09. The van der Waals surface area contributed by atoms with Crippen LogP contribution in [0.25, 0.3) is 11.0 Å². The number of benzene rings is 1. The summed E-state index contributed by atoms with van der Waals surface area (Å²) in [7, 11) is 0. The number of imide groups is 1. The summed E-state index contributed by atoms with van der Waals surface area (Å²) in [6, 6.07) is 4.13. The summed E-state index contributed by atoms with van der Waals surface area (Å²) in [5, 5.41) is 4.67. The first-order chi connectivity index (χ1) is 12.0. The van der Waals surface area contributed by atoms with Crippen molar-refractivity contribution in [2.24, 2.45) is 0 Å². The lowest BCUT2D eigenvalue weighted by Crippen LogP contribution is -2.49. The summed E-state index contributed by atoms with van der Waals surface area (Å²) in [6.45, 7) is 8.47. The van der Waals surface area contributed by atoms with Crippen LogP contribution in [0.15, 0.2) is 18.2 Å². The molecule has 26 heavy (non-hydrogen) atoms. The minimum absolute atomic E-state index is 0.252. The first kappa shape index (κ1) is 19.3. The number of rotatable bonds is 3. The van der Waals surface area contributed by atoms with Gasteiger partial charge >= 0.3 is 12.0 Å². The summed E-state index contributed by atoms with van der Waals surface area (Å²) < 4.78 is 4.94. The Balaban J connectivity index is 1.97. The van der Waals surface area contributed by atoms with Crippen LogP contribution in [-0.4, -0.2) is 40.0 Å². The molecule has 2 N–H and O–H groups in total. The summed E-state index contributed by atoms with van der Waals surface area (Å²) in [4.78, 5) is 44.2. The standard InChI is InChI=1S/C18H22N4O4/c1-10-11(2)20-14-8-12(6-7-13(14)19-10)16(24)26-9-15(23)21-17(25)22-18(3,4)5/h6-8H,9H2,1-5H3,(H2,21,22,23,25). The van der Waals surface area contributed by atoms with Crippen LogP contribution < -0.4 is 10.6 Å². The Morgan fingerprint density at radius 1 is 1.04 bits per heavy atom. The highest BCUT2D eigenvalue weighted by Crippen LogP contribution is 2.15. The van der Waals surface area contributed by atoms with E-state index < -0.39 is 30.1 Å². The number of esters is 1. The van der Waals surface area contributed by atoms with Gasteiger partial charge in [-0.25, -0.2) is 19.6 Å². The Kier molecular flexibility index (Phi) is 5.54. The Labute approximate surface area is 151 Å². The molecule has 0 unspecified atom stereocenters. The van der Waals surface area contributed by atoms with Crippen LogP contribution in [0.2, 0.25) is 0 Å². The van der Waals surface area contributed by atoms with E-state index in [4.69, 9.17) is 4.74 Å². The summed E-state index contributed by atoms with van der Waals surface area (Å²) >= 11 is 0. The lowest BCUT2D eigenvalue weighted by Gasteiger charge is -2.20. The van der Waals surface area contributed by atoms with Gasteiger partial charge in [-0.15, -0.1) is 0 Å². The zero-order valence-electron chi connectivity index (χ0n) is 15.5. The van der Waals surface area contributed by atoms with Crippen LogP contribution in [-0.2, 0) is 9.53 Å². The number of carbonyl (C=O) groups excluding carboxylic acids is 3. The van der Waals surface area contributed by atoms with E-state index in [1.807, 2.05) is 13.8 Å². The third-order valence-electron chi connectivity index (χ3n) is 3.39. The fourth-order valence-electron chi connectivity index (χ4n) is 2.11. The summed E-state index contributed by atoms with van der Waals surface area (Å²) in [5.41, 5.74) is 2.59. The van der Waals surface area contributed by atoms with Crippen molar-refractivity contribution in [1.29, 1.82) is 0 Å². The highest BCUT2D eigenvalue weighted by Gasteiger charge is 2.17. The Morgan fingerprint density at radius 2 is 1.65 bits per heavy atom. The normalized spacial score (nSPS) is 11.1. The van der Waals surface area contributed by atoms with Crippen LogP contribution in [0.3, 0.4) is 0 Å². The number of aromatic nitrogens is 2. The molecule has 1 aromatic carbocycles. The van der Waals surface area contributed by atoms with Crippen LogP contribution in [0.1, 0.15) is 42.5 Å². The molecule has 0 saturated heterocycles. The number of nitrogens with one attached hydrogen (secondary N) is 2. The van der Waals surface area contributed by atoms with Crippen molar-refractivity contribution in [2.45, 2.75) is 40.2 Å². The molecule has 8 heteroatoms. The van der Waals surface area contributed by atoms with E-state index in [1.165, 1.54) is 0 Å². The van der Waals surface area contributed by atoms with Crippen LogP contribution >= 0.6 is 0 Å². The van der Waals surface area contributed by atoms with Crippen LogP contribution in [0.4, 0.5) is 4.79 Å². The first-order valence-corrected chi connectivity index (χ1v) is 8.09. The van der Waals surface area contributed by atoms with E-state index in [9.17, 15) is 14.4 Å². The SMILES string of the molecule is Cc1nc2ccc(C(=O)OCC(=O)NC(=O)NC(C)(C)C)cc2nc1C. The predicted octanol–water partition coefficient (Wildman–Crippen LogP) is 2.03. The molecule has 0 spiro atoms. The molecule has 1 aromatic heterocycles. The summed E-state index contributed by atoms with van der Waals surface area (Å²) in [6.07, 6.45) is 0. The summed E-state index contributed by atoms with van der Waals surface area (Å²) in [5.74, 6) is -1.40. The topological polar surface area (TPSA) is 110 Å². The zero-order chi connectivity index (χ0) is 19.5. The van der Waals surface area contributed by atoms with E-state index in [2.05, 4.69) is 20.6 Å². The quantitative estimate of drug-likeness (QED) is 0.812. The molecule has 0 aliphatic carbocycles. The van der Waals surface area contributed by atoms with Crippen molar-refractivity contribution in [3.05, 3.63) is 35.2 Å². The minimum atomic E-state index is -0.716. The molecule has 3 amide bonds. The van der Waals surface area contributed by atoms with E-state index in [-0.39, 0.29) is 5.56 Å². The average Bonchev–Trinajstić information content (AvgIpc) is 2.51. The second-order valence-corrected chi connectivity index (χ2v) is 6.93. The number of nitrogens with zero attached hydrogens (tertiary/aromatic N) is 2. The number of amides is 3. The van der Waals surface area contributed by atoms with E-state index in [0.717, 1.165) is 11.4 Å². The molecule has 0 fully saturated rings. The van der Waals surface area contributed by atoms with Crippen molar-refractivity contribution >= 4 is 28.9 Å². The monoisotopic (exact) mass is 358 g/mol. The van der Waals surface area contributed by atoms with Gasteiger partial charge in [0, 0.05) is 5.54 Å². The molecule has 0 aliphatic rings. The number of urea groups is 1. The van der Waals surface area contributed by atoms with Gasteiger partial charge in [-0.2, -0.15) is 0 Å². The lowest BCUT2D eigenvalue weighted by atomic mass is 10.1. The number of hydrogen-bond acceptors (Lipinski definition) is 6. The second kappa shape index (κ2) is 7.47. The van der Waals surface area contributed by atoms with Crippen LogP contribution in [0, 0.1) is 13.8 Å². The molecular weight excluding hydrogens is 336 g/mol. The van der Waals surface area contributed by atoms with Crippen molar-refractivity contribution in [3.8, 4) is 0 Å². The van der Waals surface area contributed by atoms with Gasteiger partial charge in [-0.05, 0) is 52.8 Å². The number of carbonyl (C=O) groups is 3. The molecule has 0 bridgehead atoms. The van der Waals surface area contributed by atoms with Gasteiger partial charge in [-0.1, -0.05) is 0 Å². The molecule has 0 saturated carbocycles. The Morgan fingerprint density at radius 3 is 2.27 bits per heavy atom. The number of ether oxygens (including phenoxy) is 1. The second-order valence-electron chi connectivity index (χ2n) is 6.93. The van der Waals surface area contributed by atoms with Gasteiger partial charge in [0.15, 0.2) is 6.61 Å². The number of hydrogen-bond donors (Lipinski definition) is 2.